The van der Waals surface area contributed by atoms with Gasteiger partial charge in [0.25, 0.3) is 0 Å². The molecule has 1 fully saturated rings. The van der Waals surface area contributed by atoms with Crippen LogP contribution in [-0.2, 0) is 16.6 Å². The fourth-order valence-electron chi connectivity index (χ4n) is 3.61. The van der Waals surface area contributed by atoms with Crippen LogP contribution in [0.4, 0.5) is 29.2 Å². The van der Waals surface area contributed by atoms with Gasteiger partial charge in [-0.3, -0.25) is 4.79 Å². The van der Waals surface area contributed by atoms with Gasteiger partial charge in [0, 0.05) is 18.1 Å². The Labute approximate surface area is 184 Å². The van der Waals surface area contributed by atoms with E-state index in [9.17, 15) is 18.0 Å². The molecule has 11 heteroatoms. The van der Waals surface area contributed by atoms with Gasteiger partial charge in [0.1, 0.15) is 10.7 Å². The van der Waals surface area contributed by atoms with Gasteiger partial charge in [-0.15, -0.1) is 11.3 Å². The van der Waals surface area contributed by atoms with E-state index in [0.29, 0.717) is 21.1 Å². The molecular weight excluding hydrogens is 448 g/mol. The molecule has 1 aliphatic rings. The second-order valence-corrected chi connectivity index (χ2v) is 8.61. The van der Waals surface area contributed by atoms with Gasteiger partial charge in [-0.2, -0.15) is 13.2 Å². The molecule has 1 aromatic carbocycles. The molecule has 0 saturated heterocycles. The number of carbonyl (C=O) groups is 1. The molecule has 0 aliphatic heterocycles. The number of halogens is 4. The zero-order chi connectivity index (χ0) is 22.9. The summed E-state index contributed by atoms with van der Waals surface area (Å²) in [5.74, 6) is -1.63. The Bertz CT molecular complexity index is 1130. The fraction of sp³-hybridized carbons (Fsp3) is 0.333. The molecule has 1 aliphatic carbocycles. The fourth-order valence-corrected chi connectivity index (χ4v) is 4.66. The Morgan fingerprint density at radius 1 is 1.19 bits per heavy atom. The third-order valence-electron chi connectivity index (χ3n) is 5.37. The van der Waals surface area contributed by atoms with Crippen LogP contribution in [0.15, 0.2) is 42.7 Å². The van der Waals surface area contributed by atoms with Crippen molar-refractivity contribution in [3.63, 3.8) is 0 Å². The van der Waals surface area contributed by atoms with Crippen LogP contribution >= 0.6 is 11.3 Å². The average molecular weight is 466 g/mol. The number of benzene rings is 1. The first-order valence-corrected chi connectivity index (χ1v) is 10.6. The van der Waals surface area contributed by atoms with E-state index in [0.717, 1.165) is 12.3 Å². The molecule has 168 valence electrons. The number of alkyl halides is 4. The van der Waals surface area contributed by atoms with E-state index in [1.165, 1.54) is 11.3 Å². The van der Waals surface area contributed by atoms with Crippen LogP contribution in [0.1, 0.15) is 36.4 Å². The number of hydrogen-bond donors (Lipinski definition) is 2. The molecule has 0 amide bonds. The first-order valence-electron chi connectivity index (χ1n) is 9.80. The van der Waals surface area contributed by atoms with Crippen LogP contribution in [0.5, 0.6) is 0 Å². The van der Waals surface area contributed by atoms with Gasteiger partial charge in [0.05, 0.1) is 10.8 Å². The maximum atomic E-state index is 15.4. The van der Waals surface area contributed by atoms with Crippen molar-refractivity contribution < 1.29 is 27.5 Å². The number of nitrogens with zero attached hydrogens (tertiary/aromatic N) is 3. The summed E-state index contributed by atoms with van der Waals surface area (Å²) >= 11 is 1.18. The van der Waals surface area contributed by atoms with Gasteiger partial charge in [-0.05, 0) is 49.4 Å². The summed E-state index contributed by atoms with van der Waals surface area (Å²) in [5.41, 5.74) is -1.54. The average Bonchev–Trinajstić information content (AvgIpc) is 3.25. The van der Waals surface area contributed by atoms with E-state index < -0.39 is 29.4 Å². The highest BCUT2D eigenvalue weighted by atomic mass is 32.1. The van der Waals surface area contributed by atoms with Crippen molar-refractivity contribution >= 4 is 28.9 Å². The molecule has 0 unspecified atom stereocenters. The van der Waals surface area contributed by atoms with Crippen molar-refractivity contribution in [3.05, 3.63) is 53.4 Å². The second kappa shape index (κ2) is 8.45. The van der Waals surface area contributed by atoms with Crippen LogP contribution in [0, 0.1) is 5.92 Å². The quantitative estimate of drug-likeness (QED) is 0.462. The molecular formula is C21H18F4N4O2S. The normalized spacial score (nSPS) is 21.3. The minimum atomic E-state index is -4.58. The third-order valence-corrected chi connectivity index (χ3v) is 6.59. The number of anilines is 2. The Morgan fingerprint density at radius 2 is 1.94 bits per heavy atom. The summed E-state index contributed by atoms with van der Waals surface area (Å²) in [4.78, 5) is 23.3. The Morgan fingerprint density at radius 3 is 2.62 bits per heavy atom. The predicted molar refractivity (Wildman–Crippen MR) is 110 cm³/mol. The lowest BCUT2D eigenvalue weighted by Crippen LogP contribution is -2.30. The van der Waals surface area contributed by atoms with Crippen molar-refractivity contribution in [2.24, 2.45) is 5.92 Å². The van der Waals surface area contributed by atoms with Crippen LogP contribution in [0.2, 0.25) is 0 Å². The molecule has 1 saturated carbocycles. The van der Waals surface area contributed by atoms with E-state index in [1.807, 2.05) is 0 Å². The first kappa shape index (κ1) is 22.1. The number of rotatable bonds is 5. The topological polar surface area (TPSA) is 88.0 Å². The number of thiazole rings is 1. The van der Waals surface area contributed by atoms with Gasteiger partial charge in [0.15, 0.2) is 5.67 Å². The highest BCUT2D eigenvalue weighted by molar-refractivity contribution is 7.15. The number of aromatic nitrogens is 3. The first-order chi connectivity index (χ1) is 15.1. The summed E-state index contributed by atoms with van der Waals surface area (Å²) in [6.07, 6.45) is -1.28. The molecule has 6 nitrogen and oxygen atoms in total. The summed E-state index contributed by atoms with van der Waals surface area (Å²) < 4.78 is 54.0. The minimum Gasteiger partial charge on any atom is -0.481 e. The van der Waals surface area contributed by atoms with Gasteiger partial charge in [-0.25, -0.2) is 19.3 Å². The van der Waals surface area contributed by atoms with Gasteiger partial charge in [0.2, 0.25) is 5.95 Å². The minimum absolute atomic E-state index is 0.103. The molecule has 2 N–H and O–H groups in total. The van der Waals surface area contributed by atoms with E-state index in [4.69, 9.17) is 5.11 Å². The van der Waals surface area contributed by atoms with E-state index in [-0.39, 0.29) is 31.6 Å². The van der Waals surface area contributed by atoms with Crippen LogP contribution in [-0.4, -0.2) is 26.0 Å². The van der Waals surface area contributed by atoms with Crippen molar-refractivity contribution in [1.82, 2.24) is 15.0 Å². The smallest absolute Gasteiger partial charge is 0.433 e. The largest absolute Gasteiger partial charge is 0.481 e. The lowest BCUT2D eigenvalue weighted by molar-refractivity contribution is -0.144. The monoisotopic (exact) mass is 466 g/mol. The van der Waals surface area contributed by atoms with Crippen molar-refractivity contribution in [1.29, 1.82) is 0 Å². The predicted octanol–water partition coefficient (Wildman–Crippen LogP) is 5.80. The van der Waals surface area contributed by atoms with Crippen LogP contribution in [0.25, 0.3) is 10.4 Å². The van der Waals surface area contributed by atoms with Crippen molar-refractivity contribution in [3.8, 4) is 10.4 Å². The number of hydrogen-bond acceptors (Lipinski definition) is 6. The molecule has 0 atom stereocenters. The highest BCUT2D eigenvalue weighted by Gasteiger charge is 2.41. The van der Waals surface area contributed by atoms with Gasteiger partial charge >= 0.3 is 12.1 Å². The maximum absolute atomic E-state index is 15.4. The third kappa shape index (κ3) is 4.72. The van der Waals surface area contributed by atoms with Gasteiger partial charge in [-0.1, -0.05) is 12.1 Å². The molecule has 0 spiro atoms. The van der Waals surface area contributed by atoms with Crippen LogP contribution < -0.4 is 5.32 Å². The number of carboxylic acids is 1. The summed E-state index contributed by atoms with van der Waals surface area (Å²) in [5, 5.41) is 12.2. The zero-order valence-electron chi connectivity index (χ0n) is 16.6. The molecule has 2 heterocycles. The van der Waals surface area contributed by atoms with Crippen molar-refractivity contribution in [2.45, 2.75) is 37.5 Å². The van der Waals surface area contributed by atoms with E-state index in [2.05, 4.69) is 20.3 Å². The molecule has 32 heavy (non-hydrogen) atoms. The molecule has 0 bridgehead atoms. The lowest BCUT2D eigenvalue weighted by atomic mass is 9.80. The van der Waals surface area contributed by atoms with Crippen LogP contribution in [0.3, 0.4) is 0 Å². The standard InChI is InChI=1S/C21H18F4N4O2S/c22-20(7-4-12(5-8-20)17(30)31)18-27-11-15(32-18)13-2-1-3-14(10-13)28-19-26-9-6-16(29-19)21(23,24)25/h1-3,6,9-12H,4-5,7-8H2,(H,30,31)(H,26,28,29)/t12-,20+. The molecule has 2 aromatic heterocycles. The summed E-state index contributed by atoms with van der Waals surface area (Å²) in [7, 11) is 0. The summed E-state index contributed by atoms with van der Waals surface area (Å²) in [6.45, 7) is 0. The number of carboxylic acid groups (broad SMARTS) is 1. The molecule has 3 aromatic rings. The molecule has 0 radical (unpaired) electrons. The Kier molecular flexibility index (Phi) is 5.85. The zero-order valence-corrected chi connectivity index (χ0v) is 17.4. The SMILES string of the molecule is O=C(O)[C@H]1CC[C@](F)(c2ncc(-c3cccc(Nc4nccc(C(F)(F)F)n4)c3)s2)CC1. The van der Waals surface area contributed by atoms with E-state index >= 15 is 4.39 Å². The second-order valence-electron chi connectivity index (χ2n) is 7.58. The number of aliphatic carboxylic acids is 1. The van der Waals surface area contributed by atoms with Crippen molar-refractivity contribution in [2.75, 3.05) is 5.32 Å². The van der Waals surface area contributed by atoms with E-state index in [1.54, 1.807) is 30.5 Å². The lowest BCUT2D eigenvalue weighted by Gasteiger charge is -2.30. The Hall–Kier alpha value is -3.08. The maximum Gasteiger partial charge on any atom is 0.433 e. The number of nitrogens with one attached hydrogen (secondary N) is 1. The van der Waals surface area contributed by atoms with Gasteiger partial charge < -0.3 is 10.4 Å². The Balaban J connectivity index is 1.51. The molecule has 4 rings (SSSR count). The highest BCUT2D eigenvalue weighted by Crippen LogP contribution is 2.45. The summed E-state index contributed by atoms with van der Waals surface area (Å²) in [6, 6.07) is 7.61.